The minimum Gasteiger partial charge on any atom is -0.480 e. The van der Waals surface area contributed by atoms with Gasteiger partial charge >= 0.3 is 11.9 Å². The molecule has 0 aliphatic carbocycles. The Balaban J connectivity index is 2.27. The molecule has 0 saturated carbocycles. The number of aliphatic carboxylic acids is 1. The molecular formula is C13H11NO6S2. The second-order valence-electron chi connectivity index (χ2n) is 4.27. The number of methoxy groups -OCH3 is 1. The lowest BCUT2D eigenvalue weighted by atomic mass is 10.2. The minimum atomic E-state index is -1.15. The summed E-state index contributed by atoms with van der Waals surface area (Å²) in [6, 6.07) is 1.45. The van der Waals surface area contributed by atoms with E-state index in [0.717, 1.165) is 16.7 Å². The first-order chi connectivity index (χ1) is 10.3. The molecule has 0 aromatic carbocycles. The quantitative estimate of drug-likeness (QED) is 0.502. The fourth-order valence-electron chi connectivity index (χ4n) is 1.79. The van der Waals surface area contributed by atoms with Crippen LogP contribution in [0.15, 0.2) is 15.4 Å². The predicted octanol–water partition coefficient (Wildman–Crippen LogP) is 1.66. The second-order valence-corrected chi connectivity index (χ2v) is 5.95. The standard InChI is InChI=1S/C13H11NO6S2/c1-6-8(12(18)19-2)3-7(20-6)4-9-11(17)14(5-10(15)16)13(21)22-9/h3-4H,5H2,1-2H3,(H,15,16)/b9-4-. The van der Waals surface area contributed by atoms with E-state index in [1.165, 1.54) is 19.3 Å². The molecule has 1 amide bonds. The molecule has 1 aromatic rings. The Bertz CT molecular complexity index is 705. The first kappa shape index (κ1) is 16.2. The highest BCUT2D eigenvalue weighted by molar-refractivity contribution is 8.26. The lowest BCUT2D eigenvalue weighted by Crippen LogP contribution is -2.33. The molecule has 2 rings (SSSR count). The topological polar surface area (TPSA) is 97.0 Å². The molecule has 0 spiro atoms. The second kappa shape index (κ2) is 6.32. The Labute approximate surface area is 134 Å². The van der Waals surface area contributed by atoms with E-state index in [-0.39, 0.29) is 20.5 Å². The fraction of sp³-hybridized carbons (Fsp3) is 0.231. The number of furan rings is 1. The number of rotatable bonds is 4. The Morgan fingerprint density at radius 1 is 1.55 bits per heavy atom. The average Bonchev–Trinajstić information content (AvgIpc) is 2.93. The Kier molecular flexibility index (Phi) is 4.67. The Morgan fingerprint density at radius 3 is 2.82 bits per heavy atom. The SMILES string of the molecule is COC(=O)c1cc(/C=C2\SC(=S)N(CC(=O)O)C2=O)oc1C. The van der Waals surface area contributed by atoms with Crippen LogP contribution in [-0.4, -0.2) is 45.8 Å². The lowest BCUT2D eigenvalue weighted by Gasteiger charge is -2.09. The summed E-state index contributed by atoms with van der Waals surface area (Å²) < 4.78 is 10.2. The van der Waals surface area contributed by atoms with Crippen molar-refractivity contribution in [1.82, 2.24) is 4.90 Å². The van der Waals surface area contributed by atoms with Crippen molar-refractivity contribution < 1.29 is 28.6 Å². The van der Waals surface area contributed by atoms with Gasteiger partial charge in [0.2, 0.25) is 0 Å². The van der Waals surface area contributed by atoms with Gasteiger partial charge in [0.25, 0.3) is 5.91 Å². The van der Waals surface area contributed by atoms with E-state index >= 15 is 0 Å². The van der Waals surface area contributed by atoms with Crippen molar-refractivity contribution in [3.8, 4) is 0 Å². The van der Waals surface area contributed by atoms with Gasteiger partial charge in [-0.15, -0.1) is 0 Å². The molecule has 7 nitrogen and oxygen atoms in total. The molecule has 9 heteroatoms. The molecule has 1 saturated heterocycles. The van der Waals surface area contributed by atoms with Gasteiger partial charge < -0.3 is 14.3 Å². The number of ether oxygens (including phenoxy) is 1. The highest BCUT2D eigenvalue weighted by Gasteiger charge is 2.33. The monoisotopic (exact) mass is 341 g/mol. The zero-order chi connectivity index (χ0) is 16.4. The van der Waals surface area contributed by atoms with E-state index in [0.29, 0.717) is 5.76 Å². The number of hydrogen-bond donors (Lipinski definition) is 1. The molecule has 1 aromatic heterocycles. The van der Waals surface area contributed by atoms with Crippen LogP contribution in [0.3, 0.4) is 0 Å². The molecule has 22 heavy (non-hydrogen) atoms. The maximum atomic E-state index is 12.1. The van der Waals surface area contributed by atoms with Gasteiger partial charge in [-0.2, -0.15) is 0 Å². The number of nitrogens with zero attached hydrogens (tertiary/aromatic N) is 1. The van der Waals surface area contributed by atoms with Gasteiger partial charge in [-0.05, 0) is 13.0 Å². The summed E-state index contributed by atoms with van der Waals surface area (Å²) in [5.74, 6) is -1.56. The number of thiocarbonyl (C=S) groups is 1. The molecular weight excluding hydrogens is 330 g/mol. The summed E-state index contributed by atoms with van der Waals surface area (Å²) in [6.45, 7) is 1.10. The summed E-state index contributed by atoms with van der Waals surface area (Å²) in [4.78, 5) is 35.5. The minimum absolute atomic E-state index is 0.162. The Morgan fingerprint density at radius 2 is 2.23 bits per heavy atom. The van der Waals surface area contributed by atoms with E-state index in [1.807, 2.05) is 0 Å². The van der Waals surface area contributed by atoms with Crippen molar-refractivity contribution >= 4 is 52.2 Å². The van der Waals surface area contributed by atoms with Gasteiger partial charge in [0.15, 0.2) is 0 Å². The van der Waals surface area contributed by atoms with Crippen LogP contribution >= 0.6 is 24.0 Å². The van der Waals surface area contributed by atoms with Crippen molar-refractivity contribution in [2.24, 2.45) is 0 Å². The number of hydrogen-bond acceptors (Lipinski definition) is 7. The molecule has 116 valence electrons. The van der Waals surface area contributed by atoms with Gasteiger partial charge in [-0.1, -0.05) is 24.0 Å². The molecule has 2 heterocycles. The van der Waals surface area contributed by atoms with Crippen LogP contribution in [0.1, 0.15) is 21.9 Å². The number of carbonyl (C=O) groups excluding carboxylic acids is 2. The highest BCUT2D eigenvalue weighted by atomic mass is 32.2. The van der Waals surface area contributed by atoms with Crippen molar-refractivity contribution in [1.29, 1.82) is 0 Å². The zero-order valence-electron chi connectivity index (χ0n) is 11.6. The van der Waals surface area contributed by atoms with E-state index in [9.17, 15) is 14.4 Å². The number of carbonyl (C=O) groups is 3. The first-order valence-corrected chi connectivity index (χ1v) is 7.22. The summed E-state index contributed by atoms with van der Waals surface area (Å²) in [7, 11) is 1.26. The van der Waals surface area contributed by atoms with Gasteiger partial charge in [0.1, 0.15) is 27.9 Å². The molecule has 0 radical (unpaired) electrons. The van der Waals surface area contributed by atoms with Crippen LogP contribution in [0, 0.1) is 6.92 Å². The van der Waals surface area contributed by atoms with Gasteiger partial charge in [0.05, 0.1) is 12.0 Å². The van der Waals surface area contributed by atoms with Crippen LogP contribution < -0.4 is 0 Å². The van der Waals surface area contributed by atoms with E-state index in [1.54, 1.807) is 6.92 Å². The van der Waals surface area contributed by atoms with Crippen molar-refractivity contribution in [3.63, 3.8) is 0 Å². The lowest BCUT2D eigenvalue weighted by molar-refractivity contribution is -0.140. The van der Waals surface area contributed by atoms with E-state index in [2.05, 4.69) is 4.74 Å². The third-order valence-electron chi connectivity index (χ3n) is 2.78. The third kappa shape index (κ3) is 3.20. The van der Waals surface area contributed by atoms with Crippen LogP contribution in [0.2, 0.25) is 0 Å². The smallest absolute Gasteiger partial charge is 0.341 e. The van der Waals surface area contributed by atoms with Crippen molar-refractivity contribution in [2.75, 3.05) is 13.7 Å². The fourth-order valence-corrected chi connectivity index (χ4v) is 3.02. The summed E-state index contributed by atoms with van der Waals surface area (Å²) in [5, 5.41) is 8.76. The molecule has 1 aliphatic rings. The van der Waals surface area contributed by atoms with E-state index < -0.39 is 24.4 Å². The van der Waals surface area contributed by atoms with Crippen LogP contribution in [0.4, 0.5) is 0 Å². The van der Waals surface area contributed by atoms with Gasteiger partial charge in [-0.25, -0.2) is 4.79 Å². The summed E-state index contributed by atoms with van der Waals surface area (Å²) in [5.41, 5.74) is 0.259. The Hall–Kier alpha value is -2.13. The van der Waals surface area contributed by atoms with Crippen LogP contribution in [0.25, 0.3) is 6.08 Å². The van der Waals surface area contributed by atoms with Crippen molar-refractivity contribution in [2.45, 2.75) is 6.92 Å². The normalized spacial score (nSPS) is 16.5. The highest BCUT2D eigenvalue weighted by Crippen LogP contribution is 2.33. The van der Waals surface area contributed by atoms with Gasteiger partial charge in [-0.3, -0.25) is 14.5 Å². The maximum absolute atomic E-state index is 12.1. The molecule has 1 N–H and O–H groups in total. The van der Waals surface area contributed by atoms with Crippen LogP contribution in [-0.2, 0) is 14.3 Å². The molecule has 0 bridgehead atoms. The number of carboxylic acids is 1. The summed E-state index contributed by atoms with van der Waals surface area (Å²) >= 11 is 5.96. The summed E-state index contributed by atoms with van der Waals surface area (Å²) in [6.07, 6.45) is 1.42. The zero-order valence-corrected chi connectivity index (χ0v) is 13.2. The number of esters is 1. The molecule has 1 fully saturated rings. The largest absolute Gasteiger partial charge is 0.480 e. The van der Waals surface area contributed by atoms with Crippen LogP contribution in [0.5, 0.6) is 0 Å². The number of thioether (sulfide) groups is 1. The van der Waals surface area contributed by atoms with Gasteiger partial charge in [0, 0.05) is 6.08 Å². The predicted molar refractivity (Wildman–Crippen MR) is 82.3 cm³/mol. The third-order valence-corrected chi connectivity index (χ3v) is 4.16. The molecule has 0 atom stereocenters. The number of carboxylic acid groups (broad SMARTS) is 1. The average molecular weight is 341 g/mol. The molecule has 0 unspecified atom stereocenters. The number of amides is 1. The molecule has 1 aliphatic heterocycles. The van der Waals surface area contributed by atoms with E-state index in [4.69, 9.17) is 21.7 Å². The maximum Gasteiger partial charge on any atom is 0.341 e. The van der Waals surface area contributed by atoms with Crippen molar-refractivity contribution in [3.05, 3.63) is 28.1 Å². The number of aryl methyl sites for hydroxylation is 1. The first-order valence-electron chi connectivity index (χ1n) is 5.99.